The Morgan fingerprint density at radius 3 is 2.38 bits per heavy atom. The highest BCUT2D eigenvalue weighted by Gasteiger charge is 2.41. The van der Waals surface area contributed by atoms with Crippen LogP contribution in [-0.4, -0.2) is 36.0 Å². The molecule has 1 fully saturated rings. The predicted octanol–water partition coefficient (Wildman–Crippen LogP) is 3.96. The molecule has 1 aliphatic heterocycles. The average molecular weight is 394 g/mol. The number of hydrazone groups is 1. The van der Waals surface area contributed by atoms with E-state index in [0.717, 1.165) is 42.5 Å². The molecule has 1 saturated carbocycles. The fourth-order valence-electron chi connectivity index (χ4n) is 4.35. The van der Waals surface area contributed by atoms with Crippen LogP contribution in [0.5, 0.6) is 17.2 Å². The third-order valence-corrected chi connectivity index (χ3v) is 5.87. The molecule has 29 heavy (non-hydrogen) atoms. The Morgan fingerprint density at radius 1 is 1.00 bits per heavy atom. The third kappa shape index (κ3) is 3.79. The van der Waals surface area contributed by atoms with Gasteiger partial charge in [0.1, 0.15) is 5.75 Å². The lowest BCUT2D eigenvalue weighted by atomic mass is 9.73. The number of hydrogen-bond acceptors (Lipinski definition) is 5. The number of aromatic hydroxyl groups is 1. The van der Waals surface area contributed by atoms with Crippen molar-refractivity contribution in [2.75, 3.05) is 14.2 Å². The smallest absolute Gasteiger partial charge is 0.246 e. The maximum atomic E-state index is 13.2. The Hall–Kier alpha value is -3.02. The summed E-state index contributed by atoms with van der Waals surface area (Å²) in [5.41, 5.74) is 2.83. The first-order valence-electron chi connectivity index (χ1n) is 10.0. The topological polar surface area (TPSA) is 71.4 Å². The number of benzene rings is 2. The second-order valence-corrected chi connectivity index (χ2v) is 7.61. The van der Waals surface area contributed by atoms with E-state index in [2.05, 4.69) is 0 Å². The Balaban J connectivity index is 1.72. The van der Waals surface area contributed by atoms with Crippen molar-refractivity contribution in [1.29, 1.82) is 0 Å². The monoisotopic (exact) mass is 394 g/mol. The fourth-order valence-corrected chi connectivity index (χ4v) is 4.35. The molecular weight excluding hydrogens is 368 g/mol. The first-order valence-corrected chi connectivity index (χ1v) is 10.0. The minimum absolute atomic E-state index is 0.0403. The molecule has 1 aliphatic carbocycles. The lowest BCUT2D eigenvalue weighted by Gasteiger charge is -2.38. The van der Waals surface area contributed by atoms with Crippen molar-refractivity contribution in [3.05, 3.63) is 53.6 Å². The summed E-state index contributed by atoms with van der Waals surface area (Å²) in [5.74, 6) is 1.71. The lowest BCUT2D eigenvalue weighted by Crippen LogP contribution is -2.45. The molecule has 0 spiro atoms. The van der Waals surface area contributed by atoms with Crippen molar-refractivity contribution in [2.45, 2.75) is 32.2 Å². The van der Waals surface area contributed by atoms with Crippen molar-refractivity contribution in [3.8, 4) is 17.2 Å². The molecule has 0 aromatic heterocycles. The van der Waals surface area contributed by atoms with E-state index in [1.807, 2.05) is 30.3 Å². The largest absolute Gasteiger partial charge is 0.508 e. The molecule has 0 unspecified atom stereocenters. The maximum absolute atomic E-state index is 13.2. The van der Waals surface area contributed by atoms with Crippen molar-refractivity contribution in [2.24, 2.45) is 16.9 Å². The highest BCUT2D eigenvalue weighted by molar-refractivity contribution is 6.07. The van der Waals surface area contributed by atoms with E-state index in [9.17, 15) is 9.90 Å². The maximum Gasteiger partial charge on any atom is 0.246 e. The molecule has 1 heterocycles. The van der Waals surface area contributed by atoms with Gasteiger partial charge in [-0.2, -0.15) is 5.10 Å². The number of carbonyl (C=O) groups is 1. The summed E-state index contributed by atoms with van der Waals surface area (Å²) in [6, 6.07) is 12.7. The highest BCUT2D eigenvalue weighted by atomic mass is 16.5. The molecular formula is C23H26N2O4. The number of fused-ring (bicyclic) bond motifs is 1. The SMILES string of the molecule is COc1ccc(C2=NN(Cc3ccc(O)cc3)C(=O)[C@@H]3CCCC[C@H]23)cc1OC. The van der Waals surface area contributed by atoms with Gasteiger partial charge < -0.3 is 14.6 Å². The van der Waals surface area contributed by atoms with Gasteiger partial charge in [-0.05, 0) is 48.7 Å². The van der Waals surface area contributed by atoms with Crippen LogP contribution in [0.3, 0.4) is 0 Å². The van der Waals surface area contributed by atoms with Crippen LogP contribution in [0.25, 0.3) is 0 Å². The van der Waals surface area contributed by atoms with Gasteiger partial charge in [0.25, 0.3) is 0 Å². The summed E-state index contributed by atoms with van der Waals surface area (Å²) < 4.78 is 10.8. The molecule has 0 bridgehead atoms. The second kappa shape index (κ2) is 8.15. The number of phenols is 1. The van der Waals surface area contributed by atoms with Gasteiger partial charge in [0.05, 0.1) is 26.5 Å². The van der Waals surface area contributed by atoms with E-state index in [4.69, 9.17) is 14.6 Å². The molecule has 2 aromatic carbocycles. The van der Waals surface area contributed by atoms with E-state index in [-0.39, 0.29) is 23.5 Å². The number of carbonyl (C=O) groups excluding carboxylic acids is 1. The number of ether oxygens (including phenoxy) is 2. The average Bonchev–Trinajstić information content (AvgIpc) is 2.76. The van der Waals surface area contributed by atoms with Crippen LogP contribution in [-0.2, 0) is 11.3 Å². The molecule has 0 radical (unpaired) electrons. The zero-order valence-electron chi connectivity index (χ0n) is 16.8. The Labute approximate surface area is 170 Å². The first-order chi connectivity index (χ1) is 14.1. The van der Waals surface area contributed by atoms with Crippen molar-refractivity contribution >= 4 is 11.6 Å². The van der Waals surface area contributed by atoms with Gasteiger partial charge >= 0.3 is 0 Å². The van der Waals surface area contributed by atoms with E-state index in [1.54, 1.807) is 31.4 Å². The zero-order chi connectivity index (χ0) is 20.4. The van der Waals surface area contributed by atoms with Gasteiger partial charge in [-0.15, -0.1) is 0 Å². The summed E-state index contributed by atoms with van der Waals surface area (Å²) in [7, 11) is 3.24. The van der Waals surface area contributed by atoms with Gasteiger partial charge in [-0.1, -0.05) is 25.0 Å². The Kier molecular flexibility index (Phi) is 5.43. The van der Waals surface area contributed by atoms with Crippen LogP contribution in [0.15, 0.2) is 47.6 Å². The van der Waals surface area contributed by atoms with E-state index < -0.39 is 0 Å². The van der Waals surface area contributed by atoms with Gasteiger partial charge in [-0.3, -0.25) is 4.79 Å². The van der Waals surface area contributed by atoms with Crippen LogP contribution >= 0.6 is 0 Å². The number of amides is 1. The molecule has 6 nitrogen and oxygen atoms in total. The number of hydrogen-bond donors (Lipinski definition) is 1. The second-order valence-electron chi connectivity index (χ2n) is 7.61. The van der Waals surface area contributed by atoms with E-state index >= 15 is 0 Å². The molecule has 6 heteroatoms. The number of phenolic OH excluding ortho intramolecular Hbond substituents is 1. The molecule has 2 aliphatic rings. The molecule has 2 aromatic rings. The summed E-state index contributed by atoms with van der Waals surface area (Å²) in [5, 5.41) is 15.9. The Bertz CT molecular complexity index is 923. The normalized spacial score (nSPS) is 21.4. The summed E-state index contributed by atoms with van der Waals surface area (Å²) in [6.45, 7) is 0.388. The highest BCUT2D eigenvalue weighted by Crippen LogP contribution is 2.39. The molecule has 0 saturated heterocycles. The first kappa shape index (κ1) is 19.3. The lowest BCUT2D eigenvalue weighted by molar-refractivity contribution is -0.139. The zero-order valence-corrected chi connectivity index (χ0v) is 16.8. The van der Waals surface area contributed by atoms with Crippen molar-refractivity contribution in [1.82, 2.24) is 5.01 Å². The van der Waals surface area contributed by atoms with Crippen LogP contribution in [0.2, 0.25) is 0 Å². The van der Waals surface area contributed by atoms with Gasteiger partial charge in [0, 0.05) is 17.4 Å². The van der Waals surface area contributed by atoms with Crippen LogP contribution in [0.1, 0.15) is 36.8 Å². The van der Waals surface area contributed by atoms with Crippen LogP contribution in [0, 0.1) is 11.8 Å². The molecule has 152 valence electrons. The van der Waals surface area contributed by atoms with E-state index in [0.29, 0.717) is 18.0 Å². The van der Waals surface area contributed by atoms with Gasteiger partial charge in [-0.25, -0.2) is 5.01 Å². The minimum Gasteiger partial charge on any atom is -0.508 e. The quantitative estimate of drug-likeness (QED) is 0.833. The number of rotatable bonds is 5. The Morgan fingerprint density at radius 2 is 1.69 bits per heavy atom. The molecule has 4 rings (SSSR count). The summed E-state index contributed by atoms with van der Waals surface area (Å²) in [4.78, 5) is 13.2. The molecule has 1 amide bonds. The van der Waals surface area contributed by atoms with Crippen LogP contribution in [0.4, 0.5) is 0 Å². The third-order valence-electron chi connectivity index (χ3n) is 5.87. The summed E-state index contributed by atoms with van der Waals surface area (Å²) in [6.07, 6.45) is 4.04. The summed E-state index contributed by atoms with van der Waals surface area (Å²) >= 11 is 0. The van der Waals surface area contributed by atoms with E-state index in [1.165, 1.54) is 0 Å². The fraction of sp³-hybridized carbons (Fsp3) is 0.391. The van der Waals surface area contributed by atoms with Crippen molar-refractivity contribution < 1.29 is 19.4 Å². The molecule has 1 N–H and O–H groups in total. The predicted molar refractivity (Wildman–Crippen MR) is 110 cm³/mol. The standard InChI is InChI=1S/C23H26N2O4/c1-28-20-12-9-16(13-21(20)29-2)22-18-5-3-4-6-19(18)23(27)25(24-22)14-15-7-10-17(26)11-8-15/h7-13,18-19,26H,3-6,14H2,1-2H3/t18-,19+/m0/s1. The number of nitrogens with zero attached hydrogens (tertiary/aromatic N) is 2. The minimum atomic E-state index is -0.0403. The molecule has 2 atom stereocenters. The number of methoxy groups -OCH3 is 2. The van der Waals surface area contributed by atoms with Gasteiger partial charge in [0.15, 0.2) is 11.5 Å². The van der Waals surface area contributed by atoms with Crippen LogP contribution < -0.4 is 9.47 Å². The van der Waals surface area contributed by atoms with Gasteiger partial charge in [0.2, 0.25) is 5.91 Å². The van der Waals surface area contributed by atoms with Crippen molar-refractivity contribution in [3.63, 3.8) is 0 Å².